The molecule has 2 rings (SSSR count). The van der Waals surface area contributed by atoms with Gasteiger partial charge in [-0.25, -0.2) is 13.4 Å². The monoisotopic (exact) mass is 275 g/mol. The second-order valence-corrected chi connectivity index (χ2v) is 7.78. The predicted molar refractivity (Wildman–Crippen MR) is 68.4 cm³/mol. The van der Waals surface area contributed by atoms with Crippen molar-refractivity contribution < 1.29 is 8.42 Å². The molecule has 1 aliphatic rings. The number of aryl methyl sites for hydroxylation is 1. The number of rotatable bonds is 4. The second kappa shape index (κ2) is 4.55. The lowest BCUT2D eigenvalue weighted by Crippen LogP contribution is -2.34. The third-order valence-corrected chi connectivity index (χ3v) is 6.55. The molecule has 1 heterocycles. The van der Waals surface area contributed by atoms with Crippen LogP contribution >= 0.6 is 11.3 Å². The summed E-state index contributed by atoms with van der Waals surface area (Å²) in [6.07, 6.45) is 3.47. The van der Waals surface area contributed by atoms with E-state index >= 15 is 0 Å². The Morgan fingerprint density at radius 2 is 2.18 bits per heavy atom. The van der Waals surface area contributed by atoms with Crippen molar-refractivity contribution in [2.45, 2.75) is 30.4 Å². The zero-order chi connectivity index (χ0) is 12.6. The van der Waals surface area contributed by atoms with Gasteiger partial charge in [-0.2, -0.15) is 4.31 Å². The van der Waals surface area contributed by atoms with E-state index in [1.807, 2.05) is 0 Å². The third-order valence-electron chi connectivity index (χ3n) is 3.16. The number of aromatic nitrogens is 1. The number of nitrogens with zero attached hydrogens (tertiary/aromatic N) is 2. The standard InChI is InChI=1S/C10H17N3O2S2/c1-7-9(16-10(11)12-7)17(14,15)13(2)6-8-4-3-5-8/h8H,3-6H2,1-2H3,(H2,11,12). The van der Waals surface area contributed by atoms with Crippen molar-refractivity contribution in [2.75, 3.05) is 19.3 Å². The molecule has 1 fully saturated rings. The molecular weight excluding hydrogens is 258 g/mol. The lowest BCUT2D eigenvalue weighted by atomic mass is 9.86. The number of thiazole rings is 1. The molecule has 1 aromatic heterocycles. The van der Waals surface area contributed by atoms with E-state index in [1.165, 1.54) is 10.7 Å². The van der Waals surface area contributed by atoms with Gasteiger partial charge in [0, 0.05) is 13.6 Å². The first-order valence-corrected chi connectivity index (χ1v) is 7.86. The summed E-state index contributed by atoms with van der Waals surface area (Å²) in [7, 11) is -1.78. The lowest BCUT2D eigenvalue weighted by Gasteiger charge is -2.29. The zero-order valence-electron chi connectivity index (χ0n) is 10.0. The molecule has 0 spiro atoms. The number of hydrogen-bond donors (Lipinski definition) is 1. The molecule has 1 aromatic rings. The van der Waals surface area contributed by atoms with Crippen LogP contribution in [0, 0.1) is 12.8 Å². The number of hydrogen-bond acceptors (Lipinski definition) is 5. The van der Waals surface area contributed by atoms with Gasteiger partial charge in [0.2, 0.25) is 0 Å². The molecule has 0 amide bonds. The fraction of sp³-hybridized carbons (Fsp3) is 0.700. The van der Waals surface area contributed by atoms with Gasteiger partial charge in [0.15, 0.2) is 9.34 Å². The van der Waals surface area contributed by atoms with Gasteiger partial charge in [-0.1, -0.05) is 17.8 Å². The molecule has 7 heteroatoms. The van der Waals surface area contributed by atoms with Crippen molar-refractivity contribution in [1.82, 2.24) is 9.29 Å². The van der Waals surface area contributed by atoms with Crippen LogP contribution < -0.4 is 5.73 Å². The van der Waals surface area contributed by atoms with Crippen LogP contribution in [-0.4, -0.2) is 31.3 Å². The maximum atomic E-state index is 12.3. The molecule has 0 bridgehead atoms. The highest BCUT2D eigenvalue weighted by atomic mass is 32.2. The van der Waals surface area contributed by atoms with Crippen LogP contribution in [0.1, 0.15) is 25.0 Å². The fourth-order valence-corrected chi connectivity index (χ4v) is 4.65. The van der Waals surface area contributed by atoms with Gasteiger partial charge in [0.05, 0.1) is 5.69 Å². The maximum Gasteiger partial charge on any atom is 0.254 e. The highest BCUT2D eigenvalue weighted by Gasteiger charge is 2.29. The summed E-state index contributed by atoms with van der Waals surface area (Å²) < 4.78 is 26.3. The topological polar surface area (TPSA) is 76.3 Å². The normalized spacial score (nSPS) is 17.4. The Balaban J connectivity index is 2.19. The Kier molecular flexibility index (Phi) is 3.42. The second-order valence-electron chi connectivity index (χ2n) is 4.51. The van der Waals surface area contributed by atoms with Crippen LogP contribution in [-0.2, 0) is 10.0 Å². The maximum absolute atomic E-state index is 12.3. The van der Waals surface area contributed by atoms with Crippen LogP contribution in [0.5, 0.6) is 0 Å². The minimum Gasteiger partial charge on any atom is -0.375 e. The Morgan fingerprint density at radius 1 is 1.53 bits per heavy atom. The molecule has 0 saturated heterocycles. The zero-order valence-corrected chi connectivity index (χ0v) is 11.6. The van der Waals surface area contributed by atoms with Gasteiger partial charge < -0.3 is 5.73 Å². The average Bonchev–Trinajstić information content (AvgIpc) is 2.51. The number of nitrogen functional groups attached to an aromatic ring is 1. The van der Waals surface area contributed by atoms with E-state index < -0.39 is 10.0 Å². The van der Waals surface area contributed by atoms with Crippen LogP contribution in [0.2, 0.25) is 0 Å². The summed E-state index contributed by atoms with van der Waals surface area (Å²) >= 11 is 1.04. The molecule has 96 valence electrons. The van der Waals surface area contributed by atoms with Crippen molar-refractivity contribution in [3.63, 3.8) is 0 Å². The van der Waals surface area contributed by atoms with Crippen molar-refractivity contribution >= 4 is 26.5 Å². The smallest absolute Gasteiger partial charge is 0.254 e. The van der Waals surface area contributed by atoms with Gasteiger partial charge in [0.1, 0.15) is 0 Å². The van der Waals surface area contributed by atoms with E-state index in [2.05, 4.69) is 4.98 Å². The van der Waals surface area contributed by atoms with E-state index in [0.717, 1.165) is 24.2 Å². The van der Waals surface area contributed by atoms with Gasteiger partial charge in [-0.3, -0.25) is 0 Å². The van der Waals surface area contributed by atoms with Gasteiger partial charge in [-0.05, 0) is 25.7 Å². The van der Waals surface area contributed by atoms with Crippen LogP contribution in [0.3, 0.4) is 0 Å². The number of nitrogens with two attached hydrogens (primary N) is 1. The molecule has 0 atom stereocenters. The van der Waals surface area contributed by atoms with Crippen LogP contribution in [0.4, 0.5) is 5.13 Å². The third kappa shape index (κ3) is 2.46. The van der Waals surface area contributed by atoms with Gasteiger partial charge >= 0.3 is 0 Å². The summed E-state index contributed by atoms with van der Waals surface area (Å²) in [4.78, 5) is 3.96. The summed E-state index contributed by atoms with van der Waals surface area (Å²) in [5, 5.41) is 0.304. The SMILES string of the molecule is Cc1nc(N)sc1S(=O)(=O)N(C)CC1CCC1. The Bertz CT molecular complexity index is 506. The Labute approximate surface area is 106 Å². The van der Waals surface area contributed by atoms with E-state index in [1.54, 1.807) is 14.0 Å². The number of sulfonamides is 1. The molecule has 0 radical (unpaired) electrons. The first kappa shape index (κ1) is 12.8. The summed E-state index contributed by atoms with van der Waals surface area (Å²) in [5.74, 6) is 0.514. The minimum absolute atomic E-state index is 0.275. The van der Waals surface area contributed by atoms with Crippen LogP contribution in [0.15, 0.2) is 4.21 Å². The van der Waals surface area contributed by atoms with Crippen molar-refractivity contribution in [3.8, 4) is 0 Å². The lowest BCUT2D eigenvalue weighted by molar-refractivity contribution is 0.263. The molecule has 17 heavy (non-hydrogen) atoms. The van der Waals surface area contributed by atoms with Crippen LogP contribution in [0.25, 0.3) is 0 Å². The van der Waals surface area contributed by atoms with Crippen molar-refractivity contribution in [2.24, 2.45) is 5.92 Å². The average molecular weight is 275 g/mol. The molecule has 1 saturated carbocycles. The molecule has 0 unspecified atom stereocenters. The predicted octanol–water partition coefficient (Wildman–Crippen LogP) is 1.45. The Morgan fingerprint density at radius 3 is 2.59 bits per heavy atom. The quantitative estimate of drug-likeness (QED) is 0.902. The van der Waals surface area contributed by atoms with E-state index in [-0.39, 0.29) is 4.21 Å². The van der Waals surface area contributed by atoms with Crippen molar-refractivity contribution in [1.29, 1.82) is 0 Å². The molecule has 0 aromatic carbocycles. The van der Waals surface area contributed by atoms with Crippen molar-refractivity contribution in [3.05, 3.63) is 5.69 Å². The fourth-order valence-electron chi connectivity index (χ4n) is 1.92. The minimum atomic E-state index is -3.41. The largest absolute Gasteiger partial charge is 0.375 e. The molecule has 2 N–H and O–H groups in total. The van der Waals surface area contributed by atoms with Gasteiger partial charge in [-0.15, -0.1) is 0 Å². The first-order valence-electron chi connectivity index (χ1n) is 5.60. The molecule has 0 aliphatic heterocycles. The molecular formula is C10H17N3O2S2. The molecule has 1 aliphatic carbocycles. The van der Waals surface area contributed by atoms with E-state index in [0.29, 0.717) is 23.3 Å². The highest BCUT2D eigenvalue weighted by Crippen LogP contribution is 2.31. The summed E-state index contributed by atoms with van der Waals surface area (Å²) in [6, 6.07) is 0. The molecule has 5 nitrogen and oxygen atoms in total. The Hall–Kier alpha value is -0.660. The van der Waals surface area contributed by atoms with Gasteiger partial charge in [0.25, 0.3) is 10.0 Å². The van der Waals surface area contributed by atoms with E-state index in [4.69, 9.17) is 5.73 Å². The highest BCUT2D eigenvalue weighted by molar-refractivity contribution is 7.91. The summed E-state index contributed by atoms with van der Waals surface area (Å²) in [5.41, 5.74) is 6.03. The number of anilines is 1. The van der Waals surface area contributed by atoms with E-state index in [9.17, 15) is 8.42 Å². The first-order chi connectivity index (χ1) is 7.91. The summed E-state index contributed by atoms with van der Waals surface area (Å²) in [6.45, 7) is 2.27.